The van der Waals surface area contributed by atoms with Crippen LogP contribution in [0.3, 0.4) is 0 Å². The summed E-state index contributed by atoms with van der Waals surface area (Å²) in [7, 11) is 0. The van der Waals surface area contributed by atoms with Crippen molar-refractivity contribution in [2.24, 2.45) is 5.92 Å². The molecule has 3 N–H and O–H groups in total. The smallest absolute Gasteiger partial charge is 0.288 e. The van der Waals surface area contributed by atoms with Crippen molar-refractivity contribution in [2.75, 3.05) is 6.61 Å². The molecule has 3 heterocycles. The Kier molecular flexibility index (Phi) is 7.18. The van der Waals surface area contributed by atoms with Crippen molar-refractivity contribution in [3.8, 4) is 22.7 Å². The monoisotopic (exact) mass is 491 g/mol. The molecule has 1 saturated heterocycles. The standard InChI is InChI=1S/C27H33N5O4/c1-3-19(4-2)29-26(34)23-15-28-27(36-23)18-8-5-7-17(13-18)20-14-21(32-31-20)25(33)30-24(16-10-11-16)22-9-6-12-35-22/h5,7-8,13-16,19,22,24H,3-4,6,9-12H2,1-2H3,(H,29,34)(H,30,33)(H,31,32). The summed E-state index contributed by atoms with van der Waals surface area (Å²) >= 11 is 0. The number of aromatic amines is 1. The predicted molar refractivity (Wildman–Crippen MR) is 134 cm³/mol. The summed E-state index contributed by atoms with van der Waals surface area (Å²) in [6.07, 6.45) is 7.54. The molecule has 2 atom stereocenters. The van der Waals surface area contributed by atoms with Crippen LogP contribution in [-0.2, 0) is 4.74 Å². The number of nitrogens with one attached hydrogen (secondary N) is 3. The van der Waals surface area contributed by atoms with Crippen LogP contribution < -0.4 is 10.6 Å². The minimum atomic E-state index is -0.268. The lowest BCUT2D eigenvalue weighted by atomic mass is 10.0. The second-order valence-electron chi connectivity index (χ2n) is 9.65. The second kappa shape index (κ2) is 10.7. The average molecular weight is 492 g/mol. The molecular weight excluding hydrogens is 458 g/mol. The molecule has 0 radical (unpaired) electrons. The first-order valence-corrected chi connectivity index (χ1v) is 12.9. The first kappa shape index (κ1) is 24.2. The Morgan fingerprint density at radius 2 is 1.89 bits per heavy atom. The fraction of sp³-hybridized carbons (Fsp3) is 0.481. The number of benzene rings is 1. The summed E-state index contributed by atoms with van der Waals surface area (Å²) in [6, 6.07) is 9.45. The lowest BCUT2D eigenvalue weighted by Crippen LogP contribution is -2.44. The Morgan fingerprint density at radius 3 is 2.61 bits per heavy atom. The summed E-state index contributed by atoms with van der Waals surface area (Å²) in [5.41, 5.74) is 2.61. The molecule has 2 aliphatic rings. The van der Waals surface area contributed by atoms with E-state index in [9.17, 15) is 9.59 Å². The predicted octanol–water partition coefficient (Wildman–Crippen LogP) is 4.34. The molecule has 3 aromatic rings. The molecule has 0 bridgehead atoms. The van der Waals surface area contributed by atoms with Gasteiger partial charge in [0.15, 0.2) is 5.69 Å². The zero-order valence-electron chi connectivity index (χ0n) is 20.8. The van der Waals surface area contributed by atoms with E-state index in [1.165, 1.54) is 6.20 Å². The SMILES string of the molecule is CCC(CC)NC(=O)c1cnc(-c2cccc(-c3cc(C(=O)NC(C4CC4)C4CCCO4)n[nH]3)c2)o1. The Balaban J connectivity index is 1.28. The van der Waals surface area contributed by atoms with Crippen LogP contribution >= 0.6 is 0 Å². The van der Waals surface area contributed by atoms with E-state index in [0.717, 1.165) is 56.3 Å². The number of aromatic nitrogens is 3. The van der Waals surface area contributed by atoms with E-state index < -0.39 is 0 Å². The van der Waals surface area contributed by atoms with Gasteiger partial charge < -0.3 is 19.8 Å². The van der Waals surface area contributed by atoms with Crippen LogP contribution in [0.2, 0.25) is 0 Å². The lowest BCUT2D eigenvalue weighted by Gasteiger charge is -2.23. The number of oxazole rings is 1. The number of H-pyrrole nitrogens is 1. The average Bonchev–Trinajstić information content (AvgIpc) is 3.31. The third-order valence-electron chi connectivity index (χ3n) is 7.07. The van der Waals surface area contributed by atoms with Gasteiger partial charge in [0, 0.05) is 23.8 Å². The van der Waals surface area contributed by atoms with Gasteiger partial charge >= 0.3 is 0 Å². The molecule has 2 aromatic heterocycles. The topological polar surface area (TPSA) is 122 Å². The molecule has 2 amide bonds. The molecule has 36 heavy (non-hydrogen) atoms. The zero-order valence-corrected chi connectivity index (χ0v) is 20.8. The molecule has 2 unspecified atom stereocenters. The van der Waals surface area contributed by atoms with Gasteiger partial charge in [0.05, 0.1) is 24.0 Å². The Labute approximate surface area is 210 Å². The van der Waals surface area contributed by atoms with Crippen LogP contribution in [0, 0.1) is 5.92 Å². The highest BCUT2D eigenvalue weighted by Crippen LogP contribution is 2.37. The van der Waals surface area contributed by atoms with Crippen LogP contribution in [0.5, 0.6) is 0 Å². The van der Waals surface area contributed by atoms with E-state index in [1.54, 1.807) is 6.07 Å². The minimum Gasteiger partial charge on any atom is -0.431 e. The second-order valence-corrected chi connectivity index (χ2v) is 9.65. The summed E-state index contributed by atoms with van der Waals surface area (Å²) in [6.45, 7) is 4.83. The molecule has 0 spiro atoms. The summed E-state index contributed by atoms with van der Waals surface area (Å²) in [5, 5.41) is 13.3. The van der Waals surface area contributed by atoms with Crippen LogP contribution in [0.4, 0.5) is 0 Å². The number of hydrogen-bond donors (Lipinski definition) is 3. The van der Waals surface area contributed by atoms with Crippen molar-refractivity contribution in [1.29, 1.82) is 0 Å². The normalized spacial score (nSPS) is 18.4. The third-order valence-corrected chi connectivity index (χ3v) is 7.07. The summed E-state index contributed by atoms with van der Waals surface area (Å²) in [4.78, 5) is 29.7. The maximum absolute atomic E-state index is 13.0. The zero-order chi connectivity index (χ0) is 25.1. The Bertz CT molecular complexity index is 1200. The number of amides is 2. The molecule has 9 heteroatoms. The van der Waals surface area contributed by atoms with Crippen LogP contribution in [0.1, 0.15) is 73.4 Å². The van der Waals surface area contributed by atoms with Gasteiger partial charge in [-0.3, -0.25) is 14.7 Å². The fourth-order valence-corrected chi connectivity index (χ4v) is 4.75. The Morgan fingerprint density at radius 1 is 1.08 bits per heavy atom. The van der Waals surface area contributed by atoms with Gasteiger partial charge in [-0.2, -0.15) is 5.10 Å². The molecule has 1 saturated carbocycles. The lowest BCUT2D eigenvalue weighted by molar-refractivity contribution is 0.0620. The van der Waals surface area contributed by atoms with Gasteiger partial charge in [0.2, 0.25) is 11.7 Å². The van der Waals surface area contributed by atoms with Gasteiger partial charge in [-0.05, 0) is 62.6 Å². The highest BCUT2D eigenvalue weighted by atomic mass is 16.5. The van der Waals surface area contributed by atoms with Crippen LogP contribution in [0.15, 0.2) is 40.9 Å². The maximum atomic E-state index is 13.0. The van der Waals surface area contributed by atoms with Crippen molar-refractivity contribution in [3.63, 3.8) is 0 Å². The molecule has 2 fully saturated rings. The van der Waals surface area contributed by atoms with Gasteiger partial charge in [-0.25, -0.2) is 4.98 Å². The van der Waals surface area contributed by atoms with E-state index in [1.807, 2.05) is 38.1 Å². The number of hydrogen-bond acceptors (Lipinski definition) is 6. The van der Waals surface area contributed by atoms with Crippen molar-refractivity contribution in [2.45, 2.75) is 70.6 Å². The molecule has 1 aliphatic carbocycles. The third kappa shape index (κ3) is 5.36. The molecule has 9 nitrogen and oxygen atoms in total. The highest BCUT2D eigenvalue weighted by Gasteiger charge is 2.39. The van der Waals surface area contributed by atoms with E-state index >= 15 is 0 Å². The highest BCUT2D eigenvalue weighted by molar-refractivity contribution is 5.94. The van der Waals surface area contributed by atoms with Crippen molar-refractivity contribution >= 4 is 11.8 Å². The van der Waals surface area contributed by atoms with E-state index in [2.05, 4.69) is 25.8 Å². The molecule has 1 aliphatic heterocycles. The largest absolute Gasteiger partial charge is 0.431 e. The number of carbonyl (C=O) groups excluding carboxylic acids is 2. The van der Waals surface area contributed by atoms with Gasteiger partial charge in [-0.15, -0.1) is 0 Å². The van der Waals surface area contributed by atoms with E-state index in [-0.39, 0.29) is 35.8 Å². The fourth-order valence-electron chi connectivity index (χ4n) is 4.75. The van der Waals surface area contributed by atoms with E-state index in [4.69, 9.17) is 9.15 Å². The quantitative estimate of drug-likeness (QED) is 0.388. The number of nitrogens with zero attached hydrogens (tertiary/aromatic N) is 2. The molecule has 1 aromatic carbocycles. The number of rotatable bonds is 10. The van der Waals surface area contributed by atoms with Crippen molar-refractivity contribution in [1.82, 2.24) is 25.8 Å². The van der Waals surface area contributed by atoms with Gasteiger partial charge in [-0.1, -0.05) is 26.0 Å². The summed E-state index contributed by atoms with van der Waals surface area (Å²) < 4.78 is 11.6. The Hall–Kier alpha value is -3.46. The molecule has 5 rings (SSSR count). The number of ether oxygens (including phenoxy) is 1. The van der Waals surface area contributed by atoms with Crippen molar-refractivity contribution in [3.05, 3.63) is 48.0 Å². The first-order valence-electron chi connectivity index (χ1n) is 12.9. The van der Waals surface area contributed by atoms with Gasteiger partial charge in [0.25, 0.3) is 11.8 Å². The van der Waals surface area contributed by atoms with Crippen LogP contribution in [0.25, 0.3) is 22.7 Å². The van der Waals surface area contributed by atoms with Crippen LogP contribution in [-0.4, -0.2) is 51.8 Å². The first-order chi connectivity index (χ1) is 17.6. The van der Waals surface area contributed by atoms with E-state index in [0.29, 0.717) is 23.2 Å². The van der Waals surface area contributed by atoms with Gasteiger partial charge in [0.1, 0.15) is 0 Å². The molecule has 190 valence electrons. The summed E-state index contributed by atoms with van der Waals surface area (Å²) in [5.74, 6) is 0.569. The number of carbonyl (C=O) groups is 2. The molecular formula is C27H33N5O4. The van der Waals surface area contributed by atoms with Crippen molar-refractivity contribution < 1.29 is 18.7 Å². The minimum absolute atomic E-state index is 0.0461. The maximum Gasteiger partial charge on any atom is 0.288 e.